The van der Waals surface area contributed by atoms with Gasteiger partial charge < -0.3 is 14.7 Å². The zero-order valence-electron chi connectivity index (χ0n) is 16.0. The summed E-state index contributed by atoms with van der Waals surface area (Å²) in [5.41, 5.74) is 4.10. The molecule has 0 saturated carbocycles. The molecule has 1 fully saturated rings. The molecule has 0 aliphatic carbocycles. The Balaban J connectivity index is 1.40. The number of benzene rings is 1. The van der Waals surface area contributed by atoms with E-state index in [1.54, 1.807) is 6.20 Å². The number of aryl methyl sites for hydroxylation is 2. The molecule has 0 spiro atoms. The first kappa shape index (κ1) is 17.0. The van der Waals surface area contributed by atoms with E-state index < -0.39 is 0 Å². The van der Waals surface area contributed by atoms with Crippen LogP contribution in [-0.2, 0) is 11.3 Å². The minimum absolute atomic E-state index is 0.0861. The van der Waals surface area contributed by atoms with Crippen molar-refractivity contribution in [2.45, 2.75) is 39.2 Å². The smallest absolute Gasteiger partial charge is 0.232 e. The zero-order valence-corrected chi connectivity index (χ0v) is 16.0. The number of amides is 1. The van der Waals surface area contributed by atoms with Crippen molar-refractivity contribution in [2.24, 2.45) is 0 Å². The van der Waals surface area contributed by atoms with E-state index in [2.05, 4.69) is 33.5 Å². The maximum Gasteiger partial charge on any atom is 0.232 e. The van der Waals surface area contributed by atoms with Crippen molar-refractivity contribution < 1.29 is 9.32 Å². The van der Waals surface area contributed by atoms with E-state index in [1.807, 2.05) is 28.6 Å². The molecule has 1 aromatic carbocycles. The topological polar surface area (TPSA) is 89.1 Å². The Hall–Kier alpha value is -3.16. The number of anilines is 2. The summed E-state index contributed by atoms with van der Waals surface area (Å²) < 4.78 is 7.47. The molecule has 2 aromatic heterocycles. The largest absolute Gasteiger partial charge is 0.370 e. The highest BCUT2D eigenvalue weighted by atomic mass is 16.5. The molecule has 8 nitrogen and oxygen atoms in total. The molecular weight excluding hydrogens is 356 g/mol. The molecule has 28 heavy (non-hydrogen) atoms. The van der Waals surface area contributed by atoms with Gasteiger partial charge >= 0.3 is 0 Å². The first-order valence-electron chi connectivity index (χ1n) is 9.62. The van der Waals surface area contributed by atoms with Gasteiger partial charge in [0.2, 0.25) is 17.6 Å². The van der Waals surface area contributed by atoms with Crippen molar-refractivity contribution in [3.63, 3.8) is 0 Å². The number of carbonyl (C=O) groups is 1. The highest BCUT2D eigenvalue weighted by molar-refractivity contribution is 5.97. The standard InChI is InChI=1S/C20H22N6O2/c1-12-5-3-6-16(13(12)2)25-11-14(9-17(25)27)20-23-18(24-28-20)15-10-22-26-8-4-7-21-19(15)26/h3,5-6,10,14,21H,4,7-9,11H2,1-2H3. The van der Waals surface area contributed by atoms with Gasteiger partial charge in [0, 0.05) is 31.7 Å². The van der Waals surface area contributed by atoms with E-state index in [9.17, 15) is 4.79 Å². The fourth-order valence-corrected chi connectivity index (χ4v) is 3.98. The second-order valence-electron chi connectivity index (χ2n) is 7.49. The van der Waals surface area contributed by atoms with Gasteiger partial charge in [-0.1, -0.05) is 17.3 Å². The van der Waals surface area contributed by atoms with E-state index >= 15 is 0 Å². The SMILES string of the molecule is Cc1cccc(N2CC(c3nc(-c4cnn5c4NCCC5)no3)CC2=O)c1C. The predicted molar refractivity (Wildman–Crippen MR) is 104 cm³/mol. The van der Waals surface area contributed by atoms with Gasteiger partial charge in [0.1, 0.15) is 5.82 Å². The van der Waals surface area contributed by atoms with Gasteiger partial charge in [-0.2, -0.15) is 10.1 Å². The van der Waals surface area contributed by atoms with Gasteiger partial charge in [0.25, 0.3) is 0 Å². The maximum absolute atomic E-state index is 12.7. The molecule has 1 N–H and O–H groups in total. The van der Waals surface area contributed by atoms with E-state index in [0.717, 1.165) is 42.1 Å². The summed E-state index contributed by atoms with van der Waals surface area (Å²) in [6.07, 6.45) is 3.19. The van der Waals surface area contributed by atoms with Crippen LogP contribution in [0.3, 0.4) is 0 Å². The molecule has 5 rings (SSSR count). The molecule has 1 saturated heterocycles. The third-order valence-corrected chi connectivity index (χ3v) is 5.70. The summed E-state index contributed by atoms with van der Waals surface area (Å²) in [4.78, 5) is 19.1. The van der Waals surface area contributed by atoms with Gasteiger partial charge in [-0.15, -0.1) is 0 Å². The Bertz CT molecular complexity index is 1050. The molecule has 2 aliphatic heterocycles. The van der Waals surface area contributed by atoms with Crippen LogP contribution in [0.2, 0.25) is 0 Å². The molecule has 0 radical (unpaired) electrons. The summed E-state index contributed by atoms with van der Waals surface area (Å²) in [6, 6.07) is 6.04. The molecule has 1 unspecified atom stereocenters. The van der Waals surface area contributed by atoms with Crippen LogP contribution in [0.5, 0.6) is 0 Å². The van der Waals surface area contributed by atoms with Crippen LogP contribution in [0.15, 0.2) is 28.9 Å². The number of aromatic nitrogens is 4. The van der Waals surface area contributed by atoms with Crippen LogP contribution in [0, 0.1) is 13.8 Å². The summed E-state index contributed by atoms with van der Waals surface area (Å²) >= 11 is 0. The highest BCUT2D eigenvalue weighted by Gasteiger charge is 2.36. The van der Waals surface area contributed by atoms with Crippen molar-refractivity contribution >= 4 is 17.4 Å². The van der Waals surface area contributed by atoms with E-state index in [0.29, 0.717) is 24.7 Å². The zero-order chi connectivity index (χ0) is 19.3. The highest BCUT2D eigenvalue weighted by Crippen LogP contribution is 2.35. The molecule has 4 heterocycles. The minimum Gasteiger partial charge on any atom is -0.370 e. The lowest BCUT2D eigenvalue weighted by Crippen LogP contribution is -2.25. The van der Waals surface area contributed by atoms with Crippen molar-refractivity contribution in [3.8, 4) is 11.4 Å². The number of hydrogen-bond acceptors (Lipinski definition) is 6. The number of carbonyl (C=O) groups excluding carboxylic acids is 1. The average Bonchev–Trinajstić information content (AvgIpc) is 3.41. The van der Waals surface area contributed by atoms with Crippen LogP contribution in [0.4, 0.5) is 11.5 Å². The predicted octanol–water partition coefficient (Wildman–Crippen LogP) is 2.89. The average molecular weight is 378 g/mol. The molecule has 0 bridgehead atoms. The lowest BCUT2D eigenvalue weighted by Gasteiger charge is -2.19. The third-order valence-electron chi connectivity index (χ3n) is 5.70. The van der Waals surface area contributed by atoms with Crippen LogP contribution < -0.4 is 10.2 Å². The summed E-state index contributed by atoms with van der Waals surface area (Å²) in [5, 5.41) is 11.9. The maximum atomic E-state index is 12.7. The molecule has 2 aliphatic rings. The van der Waals surface area contributed by atoms with Gasteiger partial charge in [0.15, 0.2) is 0 Å². The summed E-state index contributed by atoms with van der Waals surface area (Å²) in [5.74, 6) is 1.93. The lowest BCUT2D eigenvalue weighted by atomic mass is 10.1. The number of fused-ring (bicyclic) bond motifs is 1. The second kappa shape index (κ2) is 6.47. The fraction of sp³-hybridized carbons (Fsp3) is 0.400. The third kappa shape index (κ3) is 2.67. The molecule has 1 atom stereocenters. The molecule has 1 amide bonds. The summed E-state index contributed by atoms with van der Waals surface area (Å²) in [6.45, 7) is 6.45. The Morgan fingerprint density at radius 1 is 1.29 bits per heavy atom. The minimum atomic E-state index is -0.104. The number of rotatable bonds is 3. The van der Waals surface area contributed by atoms with Gasteiger partial charge in [-0.3, -0.25) is 4.79 Å². The van der Waals surface area contributed by atoms with E-state index in [4.69, 9.17) is 4.52 Å². The number of nitrogens with one attached hydrogen (secondary N) is 1. The van der Waals surface area contributed by atoms with Crippen molar-refractivity contribution in [3.05, 3.63) is 41.4 Å². The number of nitrogens with zero attached hydrogens (tertiary/aromatic N) is 5. The van der Waals surface area contributed by atoms with Crippen molar-refractivity contribution in [1.82, 2.24) is 19.9 Å². The normalized spacial score (nSPS) is 19.0. The second-order valence-corrected chi connectivity index (χ2v) is 7.49. The van der Waals surface area contributed by atoms with Crippen LogP contribution in [0.1, 0.15) is 35.8 Å². The van der Waals surface area contributed by atoms with Gasteiger partial charge in [-0.25, -0.2) is 4.68 Å². The van der Waals surface area contributed by atoms with E-state index in [-0.39, 0.29) is 11.8 Å². The summed E-state index contributed by atoms with van der Waals surface area (Å²) in [7, 11) is 0. The molecule has 8 heteroatoms. The van der Waals surface area contributed by atoms with E-state index in [1.165, 1.54) is 5.56 Å². The van der Waals surface area contributed by atoms with Gasteiger partial charge in [-0.05, 0) is 37.5 Å². The Kier molecular flexibility index (Phi) is 3.92. The molecular formula is C20H22N6O2. The van der Waals surface area contributed by atoms with Crippen LogP contribution in [-0.4, -0.2) is 38.9 Å². The first-order valence-corrected chi connectivity index (χ1v) is 9.62. The number of hydrogen-bond donors (Lipinski definition) is 1. The fourth-order valence-electron chi connectivity index (χ4n) is 3.98. The quantitative estimate of drug-likeness (QED) is 0.754. The first-order chi connectivity index (χ1) is 13.6. The Morgan fingerprint density at radius 2 is 2.18 bits per heavy atom. The molecule has 144 valence electrons. The van der Waals surface area contributed by atoms with Crippen LogP contribution in [0.25, 0.3) is 11.4 Å². The lowest BCUT2D eigenvalue weighted by molar-refractivity contribution is -0.117. The van der Waals surface area contributed by atoms with Crippen molar-refractivity contribution in [2.75, 3.05) is 23.3 Å². The monoisotopic (exact) mass is 378 g/mol. The Morgan fingerprint density at radius 3 is 3.07 bits per heavy atom. The Labute approximate surface area is 162 Å². The van der Waals surface area contributed by atoms with Crippen molar-refractivity contribution in [1.29, 1.82) is 0 Å². The molecule has 3 aromatic rings. The van der Waals surface area contributed by atoms with Gasteiger partial charge in [0.05, 0.1) is 17.7 Å². The van der Waals surface area contributed by atoms with Crippen LogP contribution >= 0.6 is 0 Å².